The Labute approximate surface area is 83.2 Å². The van der Waals surface area contributed by atoms with Crippen molar-refractivity contribution < 1.29 is 8.78 Å². The van der Waals surface area contributed by atoms with Crippen LogP contribution in [0.25, 0.3) is 0 Å². The molecule has 2 unspecified atom stereocenters. The molecule has 2 aliphatic carbocycles. The molecule has 2 rings (SSSR count). The Balaban J connectivity index is 1.94. The van der Waals surface area contributed by atoms with Crippen LogP contribution in [0.5, 0.6) is 0 Å². The third kappa shape index (κ3) is 2.23. The molecule has 0 aliphatic heterocycles. The molecular weight excluding hydrogens is 186 g/mol. The Bertz CT molecular complexity index is 204. The van der Waals surface area contributed by atoms with Crippen molar-refractivity contribution in [1.29, 1.82) is 0 Å². The van der Waals surface area contributed by atoms with Gasteiger partial charge in [0.15, 0.2) is 0 Å². The largest absolute Gasteiger partial charge is 0.271 e. The highest BCUT2D eigenvalue weighted by molar-refractivity contribution is 4.93. The van der Waals surface area contributed by atoms with E-state index in [4.69, 9.17) is 5.84 Å². The molecule has 0 aromatic carbocycles. The molecule has 14 heavy (non-hydrogen) atoms. The predicted molar refractivity (Wildman–Crippen MR) is 50.7 cm³/mol. The lowest BCUT2D eigenvalue weighted by atomic mass is 9.80. The minimum Gasteiger partial charge on any atom is -0.271 e. The van der Waals surface area contributed by atoms with E-state index in [1.807, 2.05) is 0 Å². The molecular formula is C10H18F2N2. The molecule has 0 amide bonds. The van der Waals surface area contributed by atoms with Gasteiger partial charge in [-0.25, -0.2) is 8.78 Å². The van der Waals surface area contributed by atoms with Gasteiger partial charge in [0.2, 0.25) is 5.92 Å². The van der Waals surface area contributed by atoms with Crippen molar-refractivity contribution in [3.8, 4) is 0 Å². The summed E-state index contributed by atoms with van der Waals surface area (Å²) in [5.74, 6) is 3.62. The quantitative estimate of drug-likeness (QED) is 0.545. The lowest BCUT2D eigenvalue weighted by Gasteiger charge is -2.34. The van der Waals surface area contributed by atoms with Crippen LogP contribution in [0.2, 0.25) is 0 Å². The van der Waals surface area contributed by atoms with Crippen molar-refractivity contribution in [1.82, 2.24) is 5.43 Å². The van der Waals surface area contributed by atoms with Crippen LogP contribution in [0.4, 0.5) is 8.78 Å². The Hall–Kier alpha value is -0.220. The third-order valence-corrected chi connectivity index (χ3v) is 3.51. The fraction of sp³-hybridized carbons (Fsp3) is 1.00. The van der Waals surface area contributed by atoms with Crippen molar-refractivity contribution in [2.45, 2.75) is 50.5 Å². The van der Waals surface area contributed by atoms with Crippen molar-refractivity contribution in [2.75, 3.05) is 0 Å². The third-order valence-electron chi connectivity index (χ3n) is 3.51. The van der Waals surface area contributed by atoms with Crippen molar-refractivity contribution in [2.24, 2.45) is 17.7 Å². The number of nitrogens with two attached hydrogens (primary N) is 1. The maximum absolute atomic E-state index is 13.2. The Morgan fingerprint density at radius 1 is 1.21 bits per heavy atom. The summed E-state index contributed by atoms with van der Waals surface area (Å²) in [6, 6.07) is 0.126. The van der Waals surface area contributed by atoms with Crippen LogP contribution < -0.4 is 11.3 Å². The first kappa shape index (κ1) is 10.3. The average molecular weight is 204 g/mol. The average Bonchev–Trinajstić information content (AvgIpc) is 2.88. The van der Waals surface area contributed by atoms with E-state index < -0.39 is 5.92 Å². The van der Waals surface area contributed by atoms with E-state index in [1.165, 1.54) is 0 Å². The van der Waals surface area contributed by atoms with Gasteiger partial charge >= 0.3 is 0 Å². The highest BCUT2D eigenvalue weighted by Crippen LogP contribution is 2.44. The molecule has 2 saturated carbocycles. The summed E-state index contributed by atoms with van der Waals surface area (Å²) >= 11 is 0. The van der Waals surface area contributed by atoms with E-state index >= 15 is 0 Å². The van der Waals surface area contributed by atoms with E-state index in [2.05, 4.69) is 5.43 Å². The Morgan fingerprint density at radius 2 is 1.93 bits per heavy atom. The summed E-state index contributed by atoms with van der Waals surface area (Å²) in [6.45, 7) is 0. The van der Waals surface area contributed by atoms with Gasteiger partial charge in [0, 0.05) is 18.9 Å². The molecule has 0 bridgehead atoms. The van der Waals surface area contributed by atoms with E-state index in [-0.39, 0.29) is 24.8 Å². The molecule has 3 N–H and O–H groups in total. The number of rotatable bonds is 3. The summed E-state index contributed by atoms with van der Waals surface area (Å²) in [6.07, 6.45) is 3.93. The van der Waals surface area contributed by atoms with E-state index in [0.29, 0.717) is 12.3 Å². The Kier molecular flexibility index (Phi) is 2.75. The van der Waals surface area contributed by atoms with Gasteiger partial charge in [-0.15, -0.1) is 0 Å². The van der Waals surface area contributed by atoms with Gasteiger partial charge in [-0.2, -0.15) is 0 Å². The molecule has 0 saturated heterocycles. The van der Waals surface area contributed by atoms with Crippen LogP contribution in [0.3, 0.4) is 0 Å². The SMILES string of the molecule is NNC(C1CC1)C1CCCC(F)(F)C1. The minimum atomic E-state index is -2.45. The highest BCUT2D eigenvalue weighted by Gasteiger charge is 2.43. The smallest absolute Gasteiger partial charge is 0.248 e. The number of halogens is 2. The number of hydrogen-bond acceptors (Lipinski definition) is 2. The van der Waals surface area contributed by atoms with Crippen molar-refractivity contribution in [3.05, 3.63) is 0 Å². The standard InChI is InChI=1S/C10H18F2N2/c11-10(12)5-1-2-8(6-10)9(14-13)7-3-4-7/h7-9,14H,1-6,13H2. The van der Waals surface area contributed by atoms with Crippen molar-refractivity contribution >= 4 is 0 Å². The first-order valence-corrected chi connectivity index (χ1v) is 5.46. The number of hydrazine groups is 1. The summed E-state index contributed by atoms with van der Waals surface area (Å²) in [5.41, 5.74) is 2.74. The molecule has 0 spiro atoms. The summed E-state index contributed by atoms with van der Waals surface area (Å²) in [7, 11) is 0. The maximum Gasteiger partial charge on any atom is 0.248 e. The van der Waals surface area contributed by atoms with Gasteiger partial charge in [0.25, 0.3) is 0 Å². The second-order valence-corrected chi connectivity index (χ2v) is 4.74. The van der Waals surface area contributed by atoms with Gasteiger partial charge < -0.3 is 0 Å². The molecule has 0 aromatic heterocycles. The first-order valence-electron chi connectivity index (χ1n) is 5.46. The molecule has 82 valence electrons. The van der Waals surface area contributed by atoms with Crippen LogP contribution in [0.1, 0.15) is 38.5 Å². The maximum atomic E-state index is 13.2. The highest BCUT2D eigenvalue weighted by atomic mass is 19.3. The monoisotopic (exact) mass is 204 g/mol. The van der Waals surface area contributed by atoms with Crippen LogP contribution in [0.15, 0.2) is 0 Å². The molecule has 2 nitrogen and oxygen atoms in total. The molecule has 2 aliphatic rings. The molecule has 2 fully saturated rings. The zero-order chi connectivity index (χ0) is 10.2. The zero-order valence-electron chi connectivity index (χ0n) is 8.31. The molecule has 4 heteroatoms. The van der Waals surface area contributed by atoms with Gasteiger partial charge in [0.05, 0.1) is 0 Å². The molecule has 0 heterocycles. The van der Waals surface area contributed by atoms with Gasteiger partial charge in [-0.1, -0.05) is 0 Å². The van der Waals surface area contributed by atoms with E-state index in [9.17, 15) is 8.78 Å². The van der Waals surface area contributed by atoms with Gasteiger partial charge in [-0.3, -0.25) is 11.3 Å². The molecule has 2 atom stereocenters. The number of nitrogens with one attached hydrogen (secondary N) is 1. The first-order chi connectivity index (χ1) is 6.62. The van der Waals surface area contributed by atoms with Gasteiger partial charge in [-0.05, 0) is 37.5 Å². The van der Waals surface area contributed by atoms with Crippen LogP contribution >= 0.6 is 0 Å². The topological polar surface area (TPSA) is 38.0 Å². The van der Waals surface area contributed by atoms with Crippen LogP contribution in [-0.2, 0) is 0 Å². The summed E-state index contributed by atoms with van der Waals surface area (Å²) < 4.78 is 26.3. The fourth-order valence-corrected chi connectivity index (χ4v) is 2.63. The summed E-state index contributed by atoms with van der Waals surface area (Å²) in [5, 5.41) is 0. The predicted octanol–water partition coefficient (Wildman–Crippen LogP) is 2.05. The summed E-state index contributed by atoms with van der Waals surface area (Å²) in [4.78, 5) is 0. The molecule has 0 radical (unpaired) electrons. The zero-order valence-corrected chi connectivity index (χ0v) is 8.31. The van der Waals surface area contributed by atoms with E-state index in [1.54, 1.807) is 0 Å². The number of hydrogen-bond donors (Lipinski definition) is 2. The second kappa shape index (κ2) is 3.74. The molecule has 0 aromatic rings. The van der Waals surface area contributed by atoms with Gasteiger partial charge in [0.1, 0.15) is 0 Å². The lowest BCUT2D eigenvalue weighted by Crippen LogP contribution is -2.45. The number of alkyl halides is 2. The van der Waals surface area contributed by atoms with E-state index in [0.717, 1.165) is 19.3 Å². The minimum absolute atomic E-state index is 0.0262. The second-order valence-electron chi connectivity index (χ2n) is 4.74. The van der Waals surface area contributed by atoms with Crippen LogP contribution in [0, 0.1) is 11.8 Å². The normalized spacial score (nSPS) is 34.1. The van der Waals surface area contributed by atoms with Crippen molar-refractivity contribution in [3.63, 3.8) is 0 Å². The lowest BCUT2D eigenvalue weighted by molar-refractivity contribution is -0.0593. The van der Waals surface area contributed by atoms with Crippen LogP contribution in [-0.4, -0.2) is 12.0 Å². The fourth-order valence-electron chi connectivity index (χ4n) is 2.63. The Morgan fingerprint density at radius 3 is 2.43 bits per heavy atom.